The summed E-state index contributed by atoms with van der Waals surface area (Å²) in [6.07, 6.45) is 6.47. The number of benzene rings is 2. The van der Waals surface area contributed by atoms with Gasteiger partial charge in [-0.25, -0.2) is 14.5 Å². The third kappa shape index (κ3) is 6.36. The number of hydrogen-bond donors (Lipinski definition) is 1. The minimum atomic E-state index is -0.378. The van der Waals surface area contributed by atoms with E-state index in [-0.39, 0.29) is 5.97 Å². The van der Waals surface area contributed by atoms with E-state index in [4.69, 9.17) is 19.2 Å². The predicted octanol–water partition coefficient (Wildman–Crippen LogP) is 3.28. The fourth-order valence-corrected chi connectivity index (χ4v) is 4.13. The molecule has 0 unspecified atom stereocenters. The van der Waals surface area contributed by atoms with Gasteiger partial charge in [-0.1, -0.05) is 18.2 Å². The van der Waals surface area contributed by atoms with Crippen molar-refractivity contribution >= 4 is 29.5 Å². The summed E-state index contributed by atoms with van der Waals surface area (Å²) in [5.41, 5.74) is 4.10. The Morgan fingerprint density at radius 1 is 1.18 bits per heavy atom. The number of carbonyl (C=O) groups excluding carboxylic acids is 1. The molecule has 1 aliphatic heterocycles. The van der Waals surface area contributed by atoms with E-state index in [0.717, 1.165) is 28.2 Å². The van der Waals surface area contributed by atoms with Crippen molar-refractivity contribution < 1.29 is 19.0 Å². The molecule has 0 amide bonds. The van der Waals surface area contributed by atoms with Gasteiger partial charge in [0, 0.05) is 48.7 Å². The first-order valence-corrected chi connectivity index (χ1v) is 12.5. The number of tetrazole rings is 1. The van der Waals surface area contributed by atoms with Gasteiger partial charge in [0.25, 0.3) is 0 Å². The SMILES string of the molecule is CCOC(=O)/C=C/c1cccc(-c2cnc(Nc3cc(OC)cc(-n4cnnn4)c3)nc2N2CCOCC2)c1. The van der Waals surface area contributed by atoms with Crippen LogP contribution in [-0.2, 0) is 14.3 Å². The van der Waals surface area contributed by atoms with Gasteiger partial charge in [0.05, 0.1) is 32.6 Å². The highest BCUT2D eigenvalue weighted by Crippen LogP contribution is 2.32. The number of nitrogens with zero attached hydrogens (tertiary/aromatic N) is 7. The number of aromatic nitrogens is 6. The van der Waals surface area contributed by atoms with Crippen LogP contribution in [0.25, 0.3) is 22.9 Å². The van der Waals surface area contributed by atoms with Crippen LogP contribution in [0.15, 0.2) is 61.1 Å². The molecule has 0 bridgehead atoms. The topological polar surface area (TPSA) is 129 Å². The van der Waals surface area contributed by atoms with Gasteiger partial charge in [-0.3, -0.25) is 0 Å². The number of nitrogens with one attached hydrogen (secondary N) is 1. The van der Waals surface area contributed by atoms with E-state index in [0.29, 0.717) is 50.3 Å². The molecule has 5 rings (SSSR count). The Hall–Kier alpha value is -4.84. The lowest BCUT2D eigenvalue weighted by Crippen LogP contribution is -2.37. The molecule has 0 spiro atoms. The van der Waals surface area contributed by atoms with Crippen molar-refractivity contribution in [2.24, 2.45) is 0 Å². The Labute approximate surface area is 225 Å². The van der Waals surface area contributed by atoms with E-state index >= 15 is 0 Å². The lowest BCUT2D eigenvalue weighted by molar-refractivity contribution is -0.137. The first-order valence-electron chi connectivity index (χ1n) is 12.5. The summed E-state index contributed by atoms with van der Waals surface area (Å²) in [6, 6.07) is 13.4. The van der Waals surface area contributed by atoms with Gasteiger partial charge >= 0.3 is 5.97 Å². The summed E-state index contributed by atoms with van der Waals surface area (Å²) in [7, 11) is 1.60. The van der Waals surface area contributed by atoms with E-state index in [9.17, 15) is 4.79 Å². The summed E-state index contributed by atoms with van der Waals surface area (Å²) in [5.74, 6) is 1.46. The molecule has 2 aromatic carbocycles. The summed E-state index contributed by atoms with van der Waals surface area (Å²) in [4.78, 5) is 23.5. The molecular weight excluding hydrogens is 500 g/mol. The second-order valence-corrected chi connectivity index (χ2v) is 8.54. The van der Waals surface area contributed by atoms with Crippen LogP contribution in [0.1, 0.15) is 12.5 Å². The molecule has 1 N–H and O–H groups in total. The van der Waals surface area contributed by atoms with Gasteiger partial charge < -0.3 is 24.4 Å². The maximum atomic E-state index is 11.8. The summed E-state index contributed by atoms with van der Waals surface area (Å²) in [5, 5.41) is 14.7. The van der Waals surface area contributed by atoms with Crippen molar-refractivity contribution in [3.05, 3.63) is 66.6 Å². The Morgan fingerprint density at radius 3 is 2.82 bits per heavy atom. The highest BCUT2D eigenvalue weighted by atomic mass is 16.5. The Balaban J connectivity index is 1.48. The van der Waals surface area contributed by atoms with Gasteiger partial charge in [-0.05, 0) is 46.7 Å². The normalized spacial score (nSPS) is 13.4. The molecule has 12 nitrogen and oxygen atoms in total. The number of methoxy groups -OCH3 is 1. The van der Waals surface area contributed by atoms with Crippen molar-refractivity contribution in [3.63, 3.8) is 0 Å². The Bertz CT molecular complexity index is 1450. The summed E-state index contributed by atoms with van der Waals surface area (Å²) >= 11 is 0. The van der Waals surface area contributed by atoms with Gasteiger partial charge in [0.2, 0.25) is 5.95 Å². The zero-order valence-electron chi connectivity index (χ0n) is 21.6. The molecule has 200 valence electrons. The fraction of sp³-hybridized carbons (Fsp3) is 0.259. The van der Waals surface area contributed by atoms with Crippen LogP contribution in [0, 0.1) is 0 Å². The largest absolute Gasteiger partial charge is 0.497 e. The van der Waals surface area contributed by atoms with E-state index in [1.165, 1.54) is 12.4 Å². The molecule has 0 aliphatic carbocycles. The fourth-order valence-electron chi connectivity index (χ4n) is 4.13. The maximum Gasteiger partial charge on any atom is 0.330 e. The lowest BCUT2D eigenvalue weighted by Gasteiger charge is -2.29. The van der Waals surface area contributed by atoms with E-state index in [1.54, 1.807) is 31.0 Å². The van der Waals surface area contributed by atoms with E-state index in [1.807, 2.05) is 42.5 Å². The van der Waals surface area contributed by atoms with E-state index in [2.05, 4.69) is 30.7 Å². The Kier molecular flexibility index (Phi) is 8.03. The second kappa shape index (κ2) is 12.1. The number of hydrogen-bond acceptors (Lipinski definition) is 11. The maximum absolute atomic E-state index is 11.8. The number of ether oxygens (including phenoxy) is 3. The zero-order chi connectivity index (χ0) is 27.0. The third-order valence-corrected chi connectivity index (χ3v) is 5.97. The molecule has 0 radical (unpaired) electrons. The van der Waals surface area contributed by atoms with Gasteiger partial charge in [-0.15, -0.1) is 5.10 Å². The van der Waals surface area contributed by atoms with Crippen LogP contribution in [0.4, 0.5) is 17.5 Å². The smallest absolute Gasteiger partial charge is 0.330 e. The van der Waals surface area contributed by atoms with Crippen LogP contribution in [-0.4, -0.2) is 76.2 Å². The molecule has 1 fully saturated rings. The number of morpholine rings is 1. The molecule has 1 aliphatic rings. The minimum Gasteiger partial charge on any atom is -0.497 e. The zero-order valence-corrected chi connectivity index (χ0v) is 21.6. The third-order valence-electron chi connectivity index (χ3n) is 5.97. The van der Waals surface area contributed by atoms with Gasteiger partial charge in [-0.2, -0.15) is 4.98 Å². The van der Waals surface area contributed by atoms with Crippen LogP contribution in [0.2, 0.25) is 0 Å². The predicted molar refractivity (Wildman–Crippen MR) is 145 cm³/mol. The standard InChI is InChI=1S/C27H28N8O4/c1-3-39-25(36)8-7-19-5-4-6-20(13-19)24-17-28-27(31-26(24)34-9-11-38-12-10-34)30-21-14-22(16-23(15-21)37-2)35-18-29-32-33-35/h4-8,13-18H,3,9-12H2,1-2H3,(H,28,30,31)/b8-7+. The Morgan fingerprint density at radius 2 is 2.05 bits per heavy atom. The van der Waals surface area contributed by atoms with Crippen molar-refractivity contribution in [1.82, 2.24) is 30.2 Å². The lowest BCUT2D eigenvalue weighted by atomic mass is 10.0. The number of anilines is 3. The highest BCUT2D eigenvalue weighted by Gasteiger charge is 2.19. The number of esters is 1. The van der Waals surface area contributed by atoms with Crippen LogP contribution in [0.5, 0.6) is 5.75 Å². The number of rotatable bonds is 9. The average molecular weight is 529 g/mol. The monoisotopic (exact) mass is 528 g/mol. The highest BCUT2D eigenvalue weighted by molar-refractivity contribution is 5.87. The average Bonchev–Trinajstić information content (AvgIpc) is 3.52. The quantitative estimate of drug-likeness (QED) is 0.254. The summed E-state index contributed by atoms with van der Waals surface area (Å²) < 4.78 is 17.6. The van der Waals surface area contributed by atoms with Crippen molar-refractivity contribution in [2.75, 3.05) is 50.2 Å². The number of carbonyl (C=O) groups is 1. The molecule has 12 heteroatoms. The van der Waals surface area contributed by atoms with Crippen molar-refractivity contribution in [1.29, 1.82) is 0 Å². The van der Waals surface area contributed by atoms with Crippen molar-refractivity contribution in [3.8, 4) is 22.6 Å². The molecule has 4 aromatic rings. The van der Waals surface area contributed by atoms with Gasteiger partial charge in [0.15, 0.2) is 0 Å². The molecule has 3 heterocycles. The van der Waals surface area contributed by atoms with Crippen molar-refractivity contribution in [2.45, 2.75) is 6.92 Å². The van der Waals surface area contributed by atoms with Gasteiger partial charge in [0.1, 0.15) is 17.9 Å². The van der Waals surface area contributed by atoms with E-state index < -0.39 is 0 Å². The molecule has 39 heavy (non-hydrogen) atoms. The first-order chi connectivity index (χ1) is 19.1. The minimum absolute atomic E-state index is 0.332. The molecule has 0 saturated carbocycles. The summed E-state index contributed by atoms with van der Waals surface area (Å²) in [6.45, 7) is 4.74. The van der Waals surface area contributed by atoms with Crippen LogP contribution >= 0.6 is 0 Å². The molecule has 2 aromatic heterocycles. The molecule has 0 atom stereocenters. The van der Waals surface area contributed by atoms with Crippen LogP contribution in [0.3, 0.4) is 0 Å². The molecular formula is C27H28N8O4. The molecule has 1 saturated heterocycles. The first kappa shape index (κ1) is 25.8. The second-order valence-electron chi connectivity index (χ2n) is 8.54. The van der Waals surface area contributed by atoms with Crippen LogP contribution < -0.4 is 15.0 Å².